The second kappa shape index (κ2) is 5.88. The molecule has 2 N–H and O–H groups in total. The third kappa shape index (κ3) is 3.07. The van der Waals surface area contributed by atoms with Gasteiger partial charge in [0.05, 0.1) is 16.8 Å². The van der Waals surface area contributed by atoms with E-state index in [1.54, 1.807) is 11.3 Å². The van der Waals surface area contributed by atoms with Crippen molar-refractivity contribution in [3.8, 4) is 10.6 Å². The Morgan fingerprint density at radius 2 is 2.42 bits per heavy atom. The molecule has 2 unspecified atom stereocenters. The minimum Gasteiger partial charge on any atom is -0.312 e. The van der Waals surface area contributed by atoms with Crippen molar-refractivity contribution in [2.75, 3.05) is 6.54 Å². The minimum absolute atomic E-state index is 0.868. The predicted octanol–water partition coefficient (Wildman–Crippen LogP) is 3.66. The van der Waals surface area contributed by atoms with Gasteiger partial charge in [0.25, 0.3) is 0 Å². The van der Waals surface area contributed by atoms with E-state index in [0.717, 1.165) is 24.9 Å². The van der Waals surface area contributed by atoms with E-state index in [9.17, 15) is 0 Å². The van der Waals surface area contributed by atoms with Crippen molar-refractivity contribution < 1.29 is 0 Å². The average Bonchev–Trinajstić information content (AvgIpc) is 3.09. The van der Waals surface area contributed by atoms with Crippen molar-refractivity contribution in [1.82, 2.24) is 15.5 Å². The van der Waals surface area contributed by atoms with Crippen molar-refractivity contribution in [3.05, 3.63) is 29.3 Å². The summed E-state index contributed by atoms with van der Waals surface area (Å²) in [6.45, 7) is 4.42. The van der Waals surface area contributed by atoms with Gasteiger partial charge in [-0.1, -0.05) is 19.4 Å². The normalized spacial score (nSPS) is 23.0. The average molecular weight is 275 g/mol. The lowest BCUT2D eigenvalue weighted by Crippen LogP contribution is -2.21. The van der Waals surface area contributed by atoms with Crippen LogP contribution in [-0.2, 0) is 6.54 Å². The first-order chi connectivity index (χ1) is 9.33. The fraction of sp³-hybridized carbons (Fsp3) is 0.533. The number of hydrogen-bond acceptors (Lipinski definition) is 3. The highest BCUT2D eigenvalue weighted by Gasteiger charge is 2.20. The molecule has 0 aromatic carbocycles. The molecule has 0 aliphatic heterocycles. The third-order valence-corrected chi connectivity index (χ3v) is 4.92. The summed E-state index contributed by atoms with van der Waals surface area (Å²) in [5.74, 6) is 1.79. The number of rotatable bonds is 5. The Kier molecular flexibility index (Phi) is 3.99. The standard InChI is InChI=1S/C15H21N3S/c1-11-4-5-12(7-11)8-16-9-13-10-17-18-15(13)14-3-2-6-19-14/h2-3,6,10-12,16H,4-5,7-9H2,1H3,(H,17,18). The highest BCUT2D eigenvalue weighted by molar-refractivity contribution is 7.13. The number of nitrogens with one attached hydrogen (secondary N) is 2. The summed E-state index contributed by atoms with van der Waals surface area (Å²) in [5, 5.41) is 13.0. The summed E-state index contributed by atoms with van der Waals surface area (Å²) in [4.78, 5) is 1.27. The largest absolute Gasteiger partial charge is 0.312 e. The summed E-state index contributed by atoms with van der Waals surface area (Å²) < 4.78 is 0. The molecule has 1 saturated carbocycles. The Morgan fingerprint density at radius 1 is 1.47 bits per heavy atom. The maximum atomic E-state index is 4.18. The predicted molar refractivity (Wildman–Crippen MR) is 80.1 cm³/mol. The van der Waals surface area contributed by atoms with Gasteiger partial charge in [0.1, 0.15) is 0 Å². The van der Waals surface area contributed by atoms with Crippen LogP contribution >= 0.6 is 11.3 Å². The molecule has 0 amide bonds. The number of aromatic nitrogens is 2. The van der Waals surface area contributed by atoms with Crippen LogP contribution in [-0.4, -0.2) is 16.7 Å². The van der Waals surface area contributed by atoms with Gasteiger partial charge in [-0.05, 0) is 42.7 Å². The van der Waals surface area contributed by atoms with Crippen molar-refractivity contribution >= 4 is 11.3 Å². The maximum Gasteiger partial charge on any atom is 0.0794 e. The zero-order valence-electron chi connectivity index (χ0n) is 11.4. The van der Waals surface area contributed by atoms with Crippen molar-refractivity contribution in [1.29, 1.82) is 0 Å². The van der Waals surface area contributed by atoms with Crippen LogP contribution in [0.4, 0.5) is 0 Å². The molecule has 1 fully saturated rings. The molecule has 0 bridgehead atoms. The van der Waals surface area contributed by atoms with Crippen molar-refractivity contribution in [2.45, 2.75) is 32.7 Å². The highest BCUT2D eigenvalue weighted by Crippen LogP contribution is 2.30. The fourth-order valence-corrected chi connectivity index (χ4v) is 3.76. The first kappa shape index (κ1) is 12.9. The lowest BCUT2D eigenvalue weighted by molar-refractivity contribution is 0.471. The van der Waals surface area contributed by atoms with Crippen LogP contribution in [0.5, 0.6) is 0 Å². The molecule has 102 valence electrons. The van der Waals surface area contributed by atoms with E-state index in [0.29, 0.717) is 0 Å². The summed E-state index contributed by atoms with van der Waals surface area (Å²) in [5.41, 5.74) is 2.44. The molecule has 4 heteroatoms. The smallest absolute Gasteiger partial charge is 0.0794 e. The van der Waals surface area contributed by atoms with Gasteiger partial charge in [0.2, 0.25) is 0 Å². The zero-order chi connectivity index (χ0) is 13.1. The Morgan fingerprint density at radius 3 is 3.16 bits per heavy atom. The van der Waals surface area contributed by atoms with Gasteiger partial charge >= 0.3 is 0 Å². The van der Waals surface area contributed by atoms with Gasteiger partial charge < -0.3 is 5.32 Å². The van der Waals surface area contributed by atoms with E-state index in [2.05, 4.69) is 40.0 Å². The topological polar surface area (TPSA) is 40.7 Å². The van der Waals surface area contributed by atoms with Crippen LogP contribution in [0.15, 0.2) is 23.7 Å². The lowest BCUT2D eigenvalue weighted by Gasteiger charge is -2.10. The van der Waals surface area contributed by atoms with Gasteiger partial charge in [-0.2, -0.15) is 5.10 Å². The van der Waals surface area contributed by atoms with Gasteiger partial charge in [0, 0.05) is 12.1 Å². The van der Waals surface area contributed by atoms with Crippen LogP contribution in [0.25, 0.3) is 10.6 Å². The molecule has 2 atom stereocenters. The molecule has 2 heterocycles. The Labute approximate surface area is 118 Å². The van der Waals surface area contributed by atoms with Crippen LogP contribution in [0.3, 0.4) is 0 Å². The number of thiophene rings is 1. The van der Waals surface area contributed by atoms with Crippen molar-refractivity contribution in [2.24, 2.45) is 11.8 Å². The molecule has 1 aliphatic carbocycles. The monoisotopic (exact) mass is 275 g/mol. The van der Waals surface area contributed by atoms with E-state index < -0.39 is 0 Å². The molecule has 0 spiro atoms. The van der Waals surface area contributed by atoms with E-state index >= 15 is 0 Å². The molecule has 19 heavy (non-hydrogen) atoms. The second-order valence-electron chi connectivity index (χ2n) is 5.66. The van der Waals surface area contributed by atoms with Crippen LogP contribution in [0, 0.1) is 11.8 Å². The molecule has 3 nitrogen and oxygen atoms in total. The minimum atomic E-state index is 0.868. The van der Waals surface area contributed by atoms with E-state index in [-0.39, 0.29) is 0 Å². The highest BCUT2D eigenvalue weighted by atomic mass is 32.1. The molecule has 2 aromatic rings. The van der Waals surface area contributed by atoms with E-state index in [1.807, 2.05) is 6.20 Å². The number of H-pyrrole nitrogens is 1. The number of nitrogens with zero attached hydrogens (tertiary/aromatic N) is 1. The van der Waals surface area contributed by atoms with Gasteiger partial charge in [-0.25, -0.2) is 0 Å². The summed E-state index contributed by atoms with van der Waals surface area (Å²) in [6.07, 6.45) is 6.12. The van der Waals surface area contributed by atoms with Crippen LogP contribution in [0.1, 0.15) is 31.7 Å². The van der Waals surface area contributed by atoms with E-state index in [1.165, 1.54) is 35.4 Å². The molecule has 0 saturated heterocycles. The molecular weight excluding hydrogens is 254 g/mol. The van der Waals surface area contributed by atoms with Crippen molar-refractivity contribution in [3.63, 3.8) is 0 Å². The van der Waals surface area contributed by atoms with Gasteiger partial charge in [0.15, 0.2) is 0 Å². The zero-order valence-corrected chi connectivity index (χ0v) is 12.2. The Hall–Kier alpha value is -1.13. The van der Waals surface area contributed by atoms with Crippen LogP contribution in [0.2, 0.25) is 0 Å². The second-order valence-corrected chi connectivity index (χ2v) is 6.61. The van der Waals surface area contributed by atoms with E-state index in [4.69, 9.17) is 0 Å². The summed E-state index contributed by atoms with van der Waals surface area (Å²) >= 11 is 1.75. The molecule has 3 rings (SSSR count). The number of hydrogen-bond donors (Lipinski definition) is 2. The molecule has 2 aromatic heterocycles. The lowest BCUT2D eigenvalue weighted by atomic mass is 10.1. The van der Waals surface area contributed by atoms with Gasteiger partial charge in [-0.3, -0.25) is 5.10 Å². The quantitative estimate of drug-likeness (QED) is 0.874. The molecule has 0 radical (unpaired) electrons. The fourth-order valence-electron chi connectivity index (χ4n) is 3.00. The first-order valence-corrected chi connectivity index (χ1v) is 7.97. The number of aromatic amines is 1. The molecule has 1 aliphatic rings. The summed E-state index contributed by atoms with van der Waals surface area (Å²) in [7, 11) is 0. The summed E-state index contributed by atoms with van der Waals surface area (Å²) in [6, 6.07) is 4.22. The van der Waals surface area contributed by atoms with Crippen LogP contribution < -0.4 is 5.32 Å². The van der Waals surface area contributed by atoms with Gasteiger partial charge in [-0.15, -0.1) is 11.3 Å². The maximum absolute atomic E-state index is 4.18. The third-order valence-electron chi connectivity index (χ3n) is 4.04. The SMILES string of the molecule is CC1CCC(CNCc2cn[nH]c2-c2cccs2)C1. The Bertz CT molecular complexity index is 503. The first-order valence-electron chi connectivity index (χ1n) is 7.09. The Balaban J connectivity index is 1.55. The molecular formula is C15H21N3S.